The third-order valence-corrected chi connectivity index (χ3v) is 6.00. The van der Waals surface area contributed by atoms with Crippen LogP contribution in [0.1, 0.15) is 77.8 Å². The molecular weight excluding hydrogens is 322 g/mol. The molecule has 148 valence electrons. The second-order valence-electron chi connectivity index (χ2n) is 8.30. The van der Waals surface area contributed by atoms with E-state index >= 15 is 0 Å². The molecule has 1 aliphatic heterocycles. The minimum atomic E-state index is 0.205. The van der Waals surface area contributed by atoms with Gasteiger partial charge in [0.05, 0.1) is 12.2 Å². The zero-order valence-electron chi connectivity index (χ0n) is 17.6. The maximum absolute atomic E-state index is 12.1. The zero-order chi connectivity index (χ0) is 19.1. The number of carbonyl (C=O) groups is 1. The van der Waals surface area contributed by atoms with Crippen LogP contribution in [0.25, 0.3) is 0 Å². The molecule has 2 aliphatic rings. The molecule has 1 saturated carbocycles. The van der Waals surface area contributed by atoms with Crippen molar-refractivity contribution in [2.45, 2.75) is 79.2 Å². The molecule has 0 bridgehead atoms. The van der Waals surface area contributed by atoms with Crippen molar-refractivity contribution in [3.8, 4) is 0 Å². The number of aromatic nitrogens is 2. The van der Waals surface area contributed by atoms with E-state index < -0.39 is 0 Å². The van der Waals surface area contributed by atoms with Crippen LogP contribution in [-0.4, -0.2) is 40.1 Å². The van der Waals surface area contributed by atoms with Gasteiger partial charge in [-0.15, -0.1) is 0 Å². The lowest BCUT2D eigenvalue weighted by molar-refractivity contribution is -0.127. The Hall–Kier alpha value is -1.16. The molecule has 4 heteroatoms. The van der Waals surface area contributed by atoms with E-state index in [0.29, 0.717) is 17.7 Å². The second kappa shape index (κ2) is 10.2. The van der Waals surface area contributed by atoms with Crippen LogP contribution in [0.2, 0.25) is 0 Å². The quantitative estimate of drug-likeness (QED) is 0.750. The maximum Gasteiger partial charge on any atom is 0.138 e. The molecule has 4 nitrogen and oxygen atoms in total. The number of carbonyl (C=O) groups excluding carboxylic acids is 1. The Labute approximate surface area is 160 Å². The highest BCUT2D eigenvalue weighted by molar-refractivity contribution is 5.82. The van der Waals surface area contributed by atoms with Gasteiger partial charge in [-0.3, -0.25) is 9.48 Å². The minimum Gasteiger partial charge on any atom is -0.303 e. The summed E-state index contributed by atoms with van der Waals surface area (Å²) in [6.07, 6.45) is 11.3. The number of piperidine rings is 1. The molecule has 1 aliphatic carbocycles. The number of Topliss-reactive ketones (excluding diaryl/α,β-unsaturated/α-hetero) is 1. The van der Waals surface area contributed by atoms with Gasteiger partial charge >= 0.3 is 0 Å². The molecule has 0 amide bonds. The lowest BCUT2D eigenvalue weighted by Crippen LogP contribution is -2.39. The van der Waals surface area contributed by atoms with E-state index in [1.54, 1.807) is 0 Å². The number of ketones is 1. The van der Waals surface area contributed by atoms with Crippen LogP contribution < -0.4 is 0 Å². The van der Waals surface area contributed by atoms with Crippen molar-refractivity contribution >= 4 is 5.78 Å². The minimum absolute atomic E-state index is 0.205. The fourth-order valence-corrected chi connectivity index (χ4v) is 4.47. The summed E-state index contributed by atoms with van der Waals surface area (Å²) in [6.45, 7) is 13.8. The molecule has 1 aromatic heterocycles. The van der Waals surface area contributed by atoms with Crippen LogP contribution in [-0.2, 0) is 4.79 Å². The fraction of sp³-hybridized carbons (Fsp3) is 0.818. The Kier molecular flexibility index (Phi) is 8.33. The van der Waals surface area contributed by atoms with Gasteiger partial charge in [-0.1, -0.05) is 27.7 Å². The second-order valence-corrected chi connectivity index (χ2v) is 8.30. The van der Waals surface area contributed by atoms with Crippen molar-refractivity contribution in [2.24, 2.45) is 17.8 Å². The van der Waals surface area contributed by atoms with Crippen molar-refractivity contribution in [1.29, 1.82) is 0 Å². The molecule has 0 aromatic carbocycles. The Morgan fingerprint density at radius 2 is 1.73 bits per heavy atom. The molecule has 26 heavy (non-hydrogen) atoms. The van der Waals surface area contributed by atoms with Crippen LogP contribution >= 0.6 is 0 Å². The molecule has 0 radical (unpaired) electrons. The van der Waals surface area contributed by atoms with Crippen LogP contribution in [0.5, 0.6) is 0 Å². The van der Waals surface area contributed by atoms with Crippen LogP contribution in [0.15, 0.2) is 12.4 Å². The largest absolute Gasteiger partial charge is 0.303 e. The maximum atomic E-state index is 12.1. The number of nitrogens with zero attached hydrogens (tertiary/aromatic N) is 3. The van der Waals surface area contributed by atoms with Gasteiger partial charge in [0.1, 0.15) is 5.78 Å². The zero-order valence-corrected chi connectivity index (χ0v) is 17.6. The van der Waals surface area contributed by atoms with Crippen LogP contribution in [0.4, 0.5) is 0 Å². The Bertz CT molecular complexity index is 535. The van der Waals surface area contributed by atoms with Gasteiger partial charge in [-0.25, -0.2) is 0 Å². The van der Waals surface area contributed by atoms with Crippen molar-refractivity contribution in [3.63, 3.8) is 0 Å². The number of hydrogen-bond acceptors (Lipinski definition) is 3. The Morgan fingerprint density at radius 1 is 1.12 bits per heavy atom. The summed E-state index contributed by atoms with van der Waals surface area (Å²) < 4.78 is 2.16. The highest BCUT2D eigenvalue weighted by Crippen LogP contribution is 2.32. The highest BCUT2D eigenvalue weighted by atomic mass is 16.1. The number of hydrogen-bond donors (Lipinski definition) is 0. The van der Waals surface area contributed by atoms with Crippen molar-refractivity contribution in [2.75, 3.05) is 19.6 Å². The molecule has 0 atom stereocenters. The van der Waals surface area contributed by atoms with Crippen molar-refractivity contribution < 1.29 is 4.79 Å². The number of aryl methyl sites for hydroxylation is 1. The monoisotopic (exact) mass is 361 g/mol. The fourth-order valence-electron chi connectivity index (χ4n) is 4.47. The number of likely N-dealkylation sites (tertiary alicyclic amines) is 1. The van der Waals surface area contributed by atoms with Gasteiger partial charge in [0.25, 0.3) is 0 Å². The topological polar surface area (TPSA) is 38.1 Å². The average molecular weight is 362 g/mol. The molecule has 2 heterocycles. The SMILES string of the molecule is CC.Cc1cnn(C2CCN(CC3CCC(C(=O)C(C)C)CC3)CC2)c1. The predicted molar refractivity (Wildman–Crippen MR) is 108 cm³/mol. The summed E-state index contributed by atoms with van der Waals surface area (Å²) in [5.41, 5.74) is 1.25. The summed E-state index contributed by atoms with van der Waals surface area (Å²) >= 11 is 0. The molecule has 0 N–H and O–H groups in total. The van der Waals surface area contributed by atoms with E-state index in [2.05, 4.69) is 27.8 Å². The Balaban J connectivity index is 0.00000117. The molecule has 3 rings (SSSR count). The highest BCUT2D eigenvalue weighted by Gasteiger charge is 2.29. The van der Waals surface area contributed by atoms with E-state index in [4.69, 9.17) is 0 Å². The van der Waals surface area contributed by atoms with Gasteiger partial charge in [-0.2, -0.15) is 5.10 Å². The first-order valence-electron chi connectivity index (χ1n) is 10.8. The molecule has 2 fully saturated rings. The normalized spacial score (nSPS) is 25.0. The first-order valence-corrected chi connectivity index (χ1v) is 10.8. The average Bonchev–Trinajstić information content (AvgIpc) is 3.10. The first-order chi connectivity index (χ1) is 12.5. The lowest BCUT2D eigenvalue weighted by Gasteiger charge is -2.36. The first kappa shape index (κ1) is 21.1. The summed E-state index contributed by atoms with van der Waals surface area (Å²) in [5.74, 6) is 1.83. The van der Waals surface area contributed by atoms with Gasteiger partial charge in [-0.05, 0) is 56.9 Å². The standard InChI is InChI=1S/C20H33N3O.C2H6/c1-15(2)20(24)18-6-4-17(5-7-18)14-22-10-8-19(9-11-22)23-13-16(3)12-21-23;1-2/h12-13,15,17-19H,4-11,14H2,1-3H3;1-2H3. The van der Waals surface area contributed by atoms with Gasteiger partial charge in [0.15, 0.2) is 0 Å². The van der Waals surface area contributed by atoms with Crippen molar-refractivity contribution in [1.82, 2.24) is 14.7 Å². The predicted octanol–water partition coefficient (Wildman–Crippen LogP) is 4.89. The van der Waals surface area contributed by atoms with E-state index in [1.165, 1.54) is 50.9 Å². The van der Waals surface area contributed by atoms with Crippen LogP contribution in [0.3, 0.4) is 0 Å². The van der Waals surface area contributed by atoms with E-state index in [-0.39, 0.29) is 5.92 Å². The molecular formula is C22H39N3O. The van der Waals surface area contributed by atoms with Gasteiger partial charge < -0.3 is 4.90 Å². The molecule has 1 saturated heterocycles. The Morgan fingerprint density at radius 3 is 2.23 bits per heavy atom. The molecule has 0 unspecified atom stereocenters. The third-order valence-electron chi connectivity index (χ3n) is 6.00. The summed E-state index contributed by atoms with van der Waals surface area (Å²) in [7, 11) is 0. The van der Waals surface area contributed by atoms with E-state index in [0.717, 1.165) is 18.8 Å². The third kappa shape index (κ3) is 5.67. The summed E-state index contributed by atoms with van der Waals surface area (Å²) in [5, 5.41) is 4.49. The van der Waals surface area contributed by atoms with Crippen LogP contribution in [0, 0.1) is 24.7 Å². The lowest BCUT2D eigenvalue weighted by atomic mass is 9.77. The van der Waals surface area contributed by atoms with Crippen molar-refractivity contribution in [3.05, 3.63) is 18.0 Å². The van der Waals surface area contributed by atoms with Gasteiger partial charge in [0.2, 0.25) is 0 Å². The van der Waals surface area contributed by atoms with Gasteiger partial charge in [0, 0.05) is 37.7 Å². The molecule has 1 aromatic rings. The van der Waals surface area contributed by atoms with E-state index in [9.17, 15) is 4.79 Å². The van der Waals surface area contributed by atoms with E-state index in [1.807, 2.05) is 33.9 Å². The molecule has 0 spiro atoms. The summed E-state index contributed by atoms with van der Waals surface area (Å²) in [4.78, 5) is 14.8. The smallest absolute Gasteiger partial charge is 0.138 e. The number of rotatable bonds is 5. The summed E-state index contributed by atoms with van der Waals surface area (Å²) in [6, 6.07) is 0.578.